The van der Waals surface area contributed by atoms with Crippen molar-refractivity contribution in [3.63, 3.8) is 0 Å². The third kappa shape index (κ3) is 15.6. The van der Waals surface area contributed by atoms with Gasteiger partial charge in [0.15, 0.2) is 17.3 Å². The summed E-state index contributed by atoms with van der Waals surface area (Å²) in [5, 5.41) is 15.4. The molecular formula is C62H47FKO6PS14. The molecule has 0 N–H and O–H groups in total. The molecule has 13 aromatic rings. The van der Waals surface area contributed by atoms with Gasteiger partial charge in [-0.2, -0.15) is 0 Å². The van der Waals surface area contributed by atoms with Crippen LogP contribution >= 0.6 is 170 Å². The van der Waals surface area contributed by atoms with Crippen molar-refractivity contribution in [3.05, 3.63) is 149 Å². The van der Waals surface area contributed by atoms with Gasteiger partial charge in [-0.3, -0.25) is 18.5 Å². The number of benzene rings is 5. The van der Waals surface area contributed by atoms with E-state index in [1.807, 2.05) is 143 Å². The molecule has 6 nitrogen and oxygen atoms in total. The third-order valence-corrected chi connectivity index (χ3v) is 29.3. The molecule has 0 fully saturated rings. The average molecular weight is 1430 g/mol. The van der Waals surface area contributed by atoms with Crippen molar-refractivity contribution < 1.29 is 85.7 Å². The van der Waals surface area contributed by atoms with E-state index in [0.717, 1.165) is 35.5 Å². The zero-order chi connectivity index (χ0) is 59.4. The monoisotopic (exact) mass is 1420 g/mol. The summed E-state index contributed by atoms with van der Waals surface area (Å²) < 4.78 is 53.8. The molecule has 85 heavy (non-hydrogen) atoms. The molecule has 23 heteroatoms. The second-order valence-electron chi connectivity index (χ2n) is 19.0. The molecule has 11 heterocycles. The Kier molecular flexibility index (Phi) is 23.0. The molecule has 8 aromatic heterocycles. The molecule has 3 aliphatic rings. The van der Waals surface area contributed by atoms with Crippen molar-refractivity contribution in [2.24, 2.45) is 0 Å². The quantitative estimate of drug-likeness (QED) is 0.0824. The number of hydrogen-bond acceptors (Lipinski definition) is 20. The van der Waals surface area contributed by atoms with Gasteiger partial charge in [-0.1, -0.05) is 128 Å². The first-order valence-electron chi connectivity index (χ1n) is 26.4. The minimum Gasteiger partial charge on any atom is -0.850 e. The molecule has 3 aliphatic heterocycles. The molecule has 0 amide bonds. The first kappa shape index (κ1) is 64.8. The molecule has 0 bridgehead atoms. The number of aldehydes is 2. The van der Waals surface area contributed by atoms with Crippen LogP contribution in [0, 0.1) is 0 Å². The van der Waals surface area contributed by atoms with E-state index in [2.05, 4.69) is 97.1 Å². The summed E-state index contributed by atoms with van der Waals surface area (Å²) >= 11 is 25.1. The fourth-order valence-corrected chi connectivity index (χ4v) is 26.4. The Morgan fingerprint density at radius 2 is 0.788 bits per heavy atom. The minimum atomic E-state index is -1.00. The first-order valence-corrected chi connectivity index (χ1v) is 37.9. The molecule has 428 valence electrons. The van der Waals surface area contributed by atoms with Gasteiger partial charge in [0.2, 0.25) is 0 Å². The van der Waals surface area contributed by atoms with Gasteiger partial charge in [-0.25, -0.2) is 4.57 Å². The largest absolute Gasteiger partial charge is 1.00 e. The predicted octanol–water partition coefficient (Wildman–Crippen LogP) is 21.3. The zero-order valence-electron chi connectivity index (χ0n) is 47.0. The molecule has 0 unspecified atom stereocenters. The number of hydrogen-bond donors (Lipinski definition) is 0. The van der Waals surface area contributed by atoms with E-state index in [1.54, 1.807) is 89.6 Å². The Morgan fingerprint density at radius 3 is 1.06 bits per heavy atom. The molecule has 0 radical (unpaired) electrons. The second kappa shape index (κ2) is 30.1. The van der Waals surface area contributed by atoms with Crippen molar-refractivity contribution in [1.82, 2.24) is 0 Å². The number of alkyl halides is 1. The molecule has 0 saturated carbocycles. The third-order valence-electron chi connectivity index (χ3n) is 12.0. The van der Waals surface area contributed by atoms with Crippen LogP contribution in [0.5, 0.6) is 0 Å². The Morgan fingerprint density at radius 1 is 0.506 bits per heavy atom. The molecule has 16 rings (SSSR count). The standard InChI is InChI=1S/C30H14S8.C16H6O2S4.C7H5O2PS2.C4H9O.C4H10O.CH3F.K/c1-2-6-20-19(5-1)35-27(36-20)11-15-9-25-29(31-15)17-13-24-18(14-23(17)33-25)30-26(34-24)10-16(32-30)12-28-37-21-7-3-4-8-22(21)38-28;17-5-7-1-13-15(19-7)9-3-12-10(4-11(9)21-13)16-14(22-12)2-8(6-18)20-16;8-10-9-7-11-5-3-1-2-4-6(5)12-7;1-4(2,3)5;1-3-5-4-2;1-2;/h1-14H;1-6H;1-4,7H;1-3H3;3-4H2,1-2H3;1H3;/q;;;-1;;;+1/i;;;;;1D;. The van der Waals surface area contributed by atoms with E-state index in [4.69, 9.17) is 10.6 Å². The minimum absolute atomic E-state index is 0. The van der Waals surface area contributed by atoms with Crippen LogP contribution in [-0.4, -0.2) is 43.3 Å². The van der Waals surface area contributed by atoms with Crippen molar-refractivity contribution in [2.75, 3.05) is 20.4 Å². The Bertz CT molecular complexity index is 4320. The normalized spacial score (nSPS) is 13.5. The van der Waals surface area contributed by atoms with Gasteiger partial charge in [-0.05, 0) is 111 Å². The summed E-state index contributed by atoms with van der Waals surface area (Å²) in [5.41, 5.74) is -0.750. The van der Waals surface area contributed by atoms with Crippen molar-refractivity contribution in [3.8, 4) is 0 Å². The number of halogens is 1. The van der Waals surface area contributed by atoms with E-state index in [9.17, 15) is 23.7 Å². The second-order valence-corrected chi connectivity index (χ2v) is 35.4. The fourth-order valence-electron chi connectivity index (χ4n) is 8.74. The van der Waals surface area contributed by atoms with Gasteiger partial charge < -0.3 is 9.84 Å². The predicted molar refractivity (Wildman–Crippen MR) is 379 cm³/mol. The number of thiophene rings is 8. The molecule has 0 atom stereocenters. The maximum Gasteiger partial charge on any atom is 1.00 e. The smallest absolute Gasteiger partial charge is 0.850 e. The number of thioether (sulfide) groups is 6. The molecule has 0 saturated heterocycles. The van der Waals surface area contributed by atoms with Crippen LogP contribution in [0.25, 0.3) is 90.1 Å². The number of fused-ring (bicyclic) bond motifs is 15. The summed E-state index contributed by atoms with van der Waals surface area (Å²) in [6, 6.07) is 43.5. The number of ether oxygens (including phenoxy) is 1. The van der Waals surface area contributed by atoms with Gasteiger partial charge in [0.05, 0.1) is 45.6 Å². The Labute approximate surface area is 593 Å². The van der Waals surface area contributed by atoms with Gasteiger partial charge >= 0.3 is 60.1 Å². The summed E-state index contributed by atoms with van der Waals surface area (Å²) in [6.07, 6.45) is 6.58. The van der Waals surface area contributed by atoms with Crippen LogP contribution in [0.1, 0.15) is 65.1 Å². The van der Waals surface area contributed by atoms with Crippen LogP contribution < -0.4 is 56.5 Å². The van der Waals surface area contributed by atoms with Crippen molar-refractivity contribution >= 4 is 273 Å². The number of carbonyl (C=O) groups is 2. The van der Waals surface area contributed by atoms with E-state index >= 15 is 0 Å². The fraction of sp³-hybridized carbons (Fsp3) is 0.161. The average Bonchev–Trinajstić information content (AvgIpc) is 1.66. The molecule has 0 aliphatic carbocycles. The van der Waals surface area contributed by atoms with Crippen LogP contribution in [-0.2, 0) is 13.8 Å². The zero-order valence-corrected chi connectivity index (χ0v) is 61.5. The van der Waals surface area contributed by atoms with Gasteiger partial charge in [0, 0.05) is 111 Å². The van der Waals surface area contributed by atoms with Crippen LogP contribution in [0.15, 0.2) is 159 Å². The van der Waals surface area contributed by atoms with Crippen molar-refractivity contribution in [1.29, 1.82) is 0 Å². The maximum atomic E-state index is 11.0. The number of carbonyl (C=O) groups excluding carboxylic acids is 2. The summed E-state index contributed by atoms with van der Waals surface area (Å²) in [6.45, 7) is 10.6. The van der Waals surface area contributed by atoms with Gasteiger partial charge in [0.1, 0.15) is 0 Å². The van der Waals surface area contributed by atoms with Crippen molar-refractivity contribution in [2.45, 2.75) is 74.4 Å². The molecule has 0 spiro atoms. The molecular weight excluding hydrogens is 1380 g/mol. The topological polar surface area (TPSA) is 92.7 Å². The Hall–Kier alpha value is -1.75. The van der Waals surface area contributed by atoms with Gasteiger partial charge in [-0.15, -0.1) is 96.3 Å². The Balaban J connectivity index is 0.000000144. The summed E-state index contributed by atoms with van der Waals surface area (Å²) in [7, 11) is -1.25. The summed E-state index contributed by atoms with van der Waals surface area (Å²) in [4.78, 5) is 34.1. The molecule has 5 aromatic carbocycles. The van der Waals surface area contributed by atoms with Crippen LogP contribution in [0.3, 0.4) is 0 Å². The number of rotatable bonds is 8. The first-order chi connectivity index (χ1) is 41.2. The van der Waals surface area contributed by atoms with Crippen LogP contribution in [0.2, 0.25) is 0 Å². The maximum absolute atomic E-state index is 11.0. The van der Waals surface area contributed by atoms with E-state index in [1.165, 1.54) is 126 Å². The van der Waals surface area contributed by atoms with E-state index in [0.29, 0.717) is 0 Å². The van der Waals surface area contributed by atoms with Gasteiger partial charge in [0.25, 0.3) is 0 Å². The summed E-state index contributed by atoms with van der Waals surface area (Å²) in [5.74, 6) is 0. The van der Waals surface area contributed by atoms with E-state index < -0.39 is 12.8 Å². The van der Waals surface area contributed by atoms with Crippen LogP contribution in [0.4, 0.5) is 4.39 Å². The van der Waals surface area contributed by atoms with E-state index in [-0.39, 0.29) is 64.8 Å². The SMILES string of the molecule is C(=C1Sc2ccccc2S1)c1cc2sc3cc4c(cc3c2s1)sc1cc(C=C2Sc3ccccc3S2)sc14.CC(C)(C)[O-].CCOCC.O=Cc1cc2sc3cc4c(cc3c2s1)sc1cc(C=O)sc14.O=POC1Sc2ccccc2S1.[2H]CF.[K+].